The lowest BCUT2D eigenvalue weighted by molar-refractivity contribution is -0.110. The predicted molar refractivity (Wildman–Crippen MR) is 46.6 cm³/mol. The number of rotatable bonds is 7. The van der Waals surface area contributed by atoms with Crippen molar-refractivity contribution in [2.24, 2.45) is 0 Å². The van der Waals surface area contributed by atoms with Gasteiger partial charge in [0.2, 0.25) is 0 Å². The number of ether oxygens (including phenoxy) is 2. The van der Waals surface area contributed by atoms with Crippen molar-refractivity contribution in [3.05, 3.63) is 11.8 Å². The van der Waals surface area contributed by atoms with Crippen molar-refractivity contribution in [3.8, 4) is 0 Å². The fraction of sp³-hybridized carbons (Fsp3) is 0.667. The maximum absolute atomic E-state index is 10.4. The first-order valence-electron chi connectivity index (χ1n) is 4.12. The number of carbonyl (C=O) groups is 1. The summed E-state index contributed by atoms with van der Waals surface area (Å²) in [6.07, 6.45) is 5.57. The van der Waals surface area contributed by atoms with E-state index in [0.717, 1.165) is 19.3 Å². The molecular formula is C9H16O3. The highest BCUT2D eigenvalue weighted by Gasteiger charge is 1.93. The van der Waals surface area contributed by atoms with Crippen LogP contribution < -0.4 is 0 Å². The van der Waals surface area contributed by atoms with Gasteiger partial charge >= 0.3 is 0 Å². The number of methoxy groups -OCH3 is 1. The quantitative estimate of drug-likeness (QED) is 0.193. The Kier molecular flexibility index (Phi) is 7.70. The molecule has 3 nitrogen and oxygen atoms in total. The van der Waals surface area contributed by atoms with Crippen molar-refractivity contribution in [3.63, 3.8) is 0 Å². The molecule has 0 aliphatic heterocycles. The summed E-state index contributed by atoms with van der Waals surface area (Å²) in [4.78, 5) is 10.4. The Morgan fingerprint density at radius 3 is 2.75 bits per heavy atom. The van der Waals surface area contributed by atoms with Crippen LogP contribution >= 0.6 is 0 Å². The van der Waals surface area contributed by atoms with Crippen LogP contribution in [-0.4, -0.2) is 20.2 Å². The Bertz CT molecular complexity index is 141. The lowest BCUT2D eigenvalue weighted by Gasteiger charge is -2.02. The molecule has 0 aliphatic carbocycles. The van der Waals surface area contributed by atoms with Crippen molar-refractivity contribution in [1.29, 1.82) is 0 Å². The second-order valence-electron chi connectivity index (χ2n) is 2.42. The van der Waals surface area contributed by atoms with Gasteiger partial charge in [0.05, 0.1) is 0 Å². The SMILES string of the molecule is CCCCC=C(C=O)OCOC. The first kappa shape index (κ1) is 11.2. The van der Waals surface area contributed by atoms with Gasteiger partial charge in [-0.15, -0.1) is 0 Å². The third-order valence-corrected chi connectivity index (χ3v) is 1.36. The monoisotopic (exact) mass is 172 g/mol. The van der Waals surface area contributed by atoms with Gasteiger partial charge in [0.25, 0.3) is 0 Å². The van der Waals surface area contributed by atoms with E-state index < -0.39 is 0 Å². The van der Waals surface area contributed by atoms with Crippen LogP contribution in [0.3, 0.4) is 0 Å². The van der Waals surface area contributed by atoms with Crippen molar-refractivity contribution < 1.29 is 14.3 Å². The van der Waals surface area contributed by atoms with Gasteiger partial charge in [-0.3, -0.25) is 4.79 Å². The van der Waals surface area contributed by atoms with E-state index in [4.69, 9.17) is 4.74 Å². The third kappa shape index (κ3) is 5.92. The number of aldehydes is 1. The molecule has 70 valence electrons. The first-order chi connectivity index (χ1) is 5.85. The van der Waals surface area contributed by atoms with Gasteiger partial charge in [-0.1, -0.05) is 13.3 Å². The number of hydrogen-bond donors (Lipinski definition) is 0. The van der Waals surface area contributed by atoms with Crippen LogP contribution in [0.5, 0.6) is 0 Å². The molecule has 0 saturated heterocycles. The van der Waals surface area contributed by atoms with E-state index in [1.807, 2.05) is 0 Å². The minimum atomic E-state index is 0.136. The molecule has 0 aromatic rings. The zero-order valence-corrected chi connectivity index (χ0v) is 7.71. The maximum Gasteiger partial charge on any atom is 0.188 e. The molecule has 12 heavy (non-hydrogen) atoms. The minimum Gasteiger partial charge on any atom is -0.464 e. The fourth-order valence-electron chi connectivity index (χ4n) is 0.716. The van der Waals surface area contributed by atoms with Crippen LogP contribution in [0.25, 0.3) is 0 Å². The highest BCUT2D eigenvalue weighted by atomic mass is 16.7. The van der Waals surface area contributed by atoms with Gasteiger partial charge in [0.15, 0.2) is 18.8 Å². The molecule has 0 aromatic carbocycles. The summed E-state index contributed by atoms with van der Waals surface area (Å²) in [7, 11) is 1.52. The van der Waals surface area contributed by atoms with Gasteiger partial charge in [0.1, 0.15) is 0 Å². The largest absolute Gasteiger partial charge is 0.464 e. The topological polar surface area (TPSA) is 35.5 Å². The highest BCUT2D eigenvalue weighted by molar-refractivity contribution is 5.69. The lowest BCUT2D eigenvalue weighted by atomic mass is 10.2. The van der Waals surface area contributed by atoms with Crippen molar-refractivity contribution in [2.75, 3.05) is 13.9 Å². The fourth-order valence-corrected chi connectivity index (χ4v) is 0.716. The molecule has 0 amide bonds. The standard InChI is InChI=1S/C9H16O3/c1-3-4-5-6-9(7-10)12-8-11-2/h6-7H,3-5,8H2,1-2H3. The summed E-state index contributed by atoms with van der Waals surface area (Å²) >= 11 is 0. The lowest BCUT2D eigenvalue weighted by Crippen LogP contribution is -1.97. The number of hydrogen-bond acceptors (Lipinski definition) is 3. The average Bonchev–Trinajstić information content (AvgIpc) is 2.11. The summed E-state index contributed by atoms with van der Waals surface area (Å²) in [5.41, 5.74) is 0. The molecule has 0 N–H and O–H groups in total. The van der Waals surface area contributed by atoms with Crippen LogP contribution in [0.1, 0.15) is 26.2 Å². The van der Waals surface area contributed by atoms with Crippen LogP contribution in [-0.2, 0) is 14.3 Å². The Morgan fingerprint density at radius 2 is 2.25 bits per heavy atom. The van der Waals surface area contributed by atoms with E-state index in [-0.39, 0.29) is 6.79 Å². The molecule has 0 radical (unpaired) electrons. The molecule has 0 spiro atoms. The summed E-state index contributed by atoms with van der Waals surface area (Å²) in [5, 5.41) is 0. The van der Waals surface area contributed by atoms with Gasteiger partial charge in [-0.2, -0.15) is 0 Å². The van der Waals surface area contributed by atoms with Crippen molar-refractivity contribution in [1.82, 2.24) is 0 Å². The predicted octanol–water partition coefficient (Wildman–Crippen LogP) is 1.88. The van der Waals surface area contributed by atoms with Crippen LogP contribution in [0.2, 0.25) is 0 Å². The van der Waals surface area contributed by atoms with E-state index >= 15 is 0 Å². The molecule has 0 fully saturated rings. The Hall–Kier alpha value is -0.830. The van der Waals surface area contributed by atoms with Crippen LogP contribution in [0.4, 0.5) is 0 Å². The summed E-state index contributed by atoms with van der Waals surface area (Å²) < 4.78 is 9.62. The van der Waals surface area contributed by atoms with Gasteiger partial charge in [0, 0.05) is 7.11 Å². The molecule has 0 saturated carbocycles. The number of carbonyl (C=O) groups excluding carboxylic acids is 1. The molecular weight excluding hydrogens is 156 g/mol. The zero-order chi connectivity index (χ0) is 9.23. The molecule has 0 aliphatic rings. The average molecular weight is 172 g/mol. The van der Waals surface area contributed by atoms with Crippen molar-refractivity contribution >= 4 is 6.29 Å². The van der Waals surface area contributed by atoms with E-state index in [0.29, 0.717) is 12.0 Å². The number of allylic oxidation sites excluding steroid dienone is 2. The molecule has 0 bridgehead atoms. The van der Waals surface area contributed by atoms with Gasteiger partial charge < -0.3 is 9.47 Å². The molecule has 0 aromatic heterocycles. The second kappa shape index (κ2) is 8.27. The number of unbranched alkanes of at least 4 members (excludes halogenated alkanes) is 2. The van der Waals surface area contributed by atoms with Crippen LogP contribution in [0, 0.1) is 0 Å². The summed E-state index contributed by atoms with van der Waals surface area (Å²) in [6, 6.07) is 0. The first-order valence-corrected chi connectivity index (χ1v) is 4.12. The molecule has 3 heteroatoms. The summed E-state index contributed by atoms with van der Waals surface area (Å²) in [5.74, 6) is 0.366. The molecule has 0 unspecified atom stereocenters. The van der Waals surface area contributed by atoms with Crippen molar-refractivity contribution in [2.45, 2.75) is 26.2 Å². The van der Waals surface area contributed by atoms with Crippen LogP contribution in [0.15, 0.2) is 11.8 Å². The third-order valence-electron chi connectivity index (χ3n) is 1.36. The summed E-state index contributed by atoms with van der Waals surface area (Å²) in [6.45, 7) is 2.24. The zero-order valence-electron chi connectivity index (χ0n) is 7.71. The van der Waals surface area contributed by atoms with Gasteiger partial charge in [-0.25, -0.2) is 0 Å². The smallest absolute Gasteiger partial charge is 0.188 e. The second-order valence-corrected chi connectivity index (χ2v) is 2.42. The molecule has 0 rings (SSSR count). The van der Waals surface area contributed by atoms with E-state index in [1.54, 1.807) is 6.08 Å². The molecule has 0 heterocycles. The Labute approximate surface area is 73.4 Å². The normalized spacial score (nSPS) is 11.3. The molecule has 0 atom stereocenters. The van der Waals surface area contributed by atoms with Gasteiger partial charge in [-0.05, 0) is 18.9 Å². The van der Waals surface area contributed by atoms with E-state index in [2.05, 4.69) is 11.7 Å². The van der Waals surface area contributed by atoms with E-state index in [9.17, 15) is 4.79 Å². The Balaban J connectivity index is 3.62. The maximum atomic E-state index is 10.4. The van der Waals surface area contributed by atoms with E-state index in [1.165, 1.54) is 7.11 Å². The highest BCUT2D eigenvalue weighted by Crippen LogP contribution is 2.00. The Morgan fingerprint density at radius 1 is 1.50 bits per heavy atom. The minimum absolute atomic E-state index is 0.136.